The summed E-state index contributed by atoms with van der Waals surface area (Å²) in [6.07, 6.45) is 5.05. The number of rotatable bonds is 5. The normalized spacial score (nSPS) is 22.0. The molecule has 1 N–H and O–H groups in total. The van der Waals surface area contributed by atoms with Crippen molar-refractivity contribution in [2.75, 3.05) is 0 Å². The third-order valence-corrected chi connectivity index (χ3v) is 5.54. The van der Waals surface area contributed by atoms with Crippen molar-refractivity contribution in [2.24, 2.45) is 5.92 Å². The number of aldehydes is 1. The van der Waals surface area contributed by atoms with Crippen LogP contribution >= 0.6 is 0 Å². The van der Waals surface area contributed by atoms with Gasteiger partial charge in [-0.1, -0.05) is 36.4 Å². The van der Waals surface area contributed by atoms with Crippen molar-refractivity contribution in [2.45, 2.75) is 24.8 Å². The zero-order chi connectivity index (χ0) is 19.7. The van der Waals surface area contributed by atoms with E-state index < -0.39 is 6.04 Å². The second-order valence-electron chi connectivity index (χ2n) is 7.22. The molecular formula is C22H19FN2O3. The molecule has 2 aromatic carbocycles. The van der Waals surface area contributed by atoms with Gasteiger partial charge >= 0.3 is 0 Å². The number of hydrogen-bond donors (Lipinski definition) is 1. The van der Waals surface area contributed by atoms with Gasteiger partial charge in [-0.15, -0.1) is 0 Å². The molecule has 3 atom stereocenters. The van der Waals surface area contributed by atoms with E-state index in [4.69, 9.17) is 0 Å². The smallest absolute Gasteiger partial charge is 0.224 e. The molecule has 0 unspecified atom stereocenters. The van der Waals surface area contributed by atoms with Gasteiger partial charge in [-0.3, -0.25) is 14.9 Å². The largest absolute Gasteiger partial charge is 0.361 e. The van der Waals surface area contributed by atoms with Crippen molar-refractivity contribution < 1.29 is 14.1 Å². The topological polar surface area (TPSA) is 76.0 Å². The Kier molecular flexibility index (Phi) is 4.77. The van der Waals surface area contributed by atoms with Crippen LogP contribution in [0.15, 0.2) is 66.4 Å². The molecule has 1 heterocycles. The maximum atomic E-state index is 13.5. The lowest BCUT2D eigenvalue weighted by Gasteiger charge is -2.32. The number of aromatic nitrogens is 1. The first-order valence-corrected chi connectivity index (χ1v) is 9.16. The molecule has 1 aromatic heterocycles. The van der Waals surface area contributed by atoms with Crippen LogP contribution < -0.4 is 0 Å². The highest BCUT2D eigenvalue weighted by atomic mass is 19.1. The van der Waals surface area contributed by atoms with Crippen LogP contribution in [0.5, 0.6) is 0 Å². The van der Waals surface area contributed by atoms with E-state index in [2.05, 4.69) is 4.98 Å². The molecule has 28 heavy (non-hydrogen) atoms. The van der Waals surface area contributed by atoms with E-state index in [1.165, 1.54) is 12.1 Å². The van der Waals surface area contributed by atoms with Crippen LogP contribution in [0.3, 0.4) is 0 Å². The van der Waals surface area contributed by atoms with Gasteiger partial charge in [0.2, 0.25) is 6.04 Å². The summed E-state index contributed by atoms with van der Waals surface area (Å²) >= 11 is 0. The average molecular weight is 378 g/mol. The molecule has 1 aliphatic rings. The molecule has 0 aliphatic heterocycles. The first kappa shape index (κ1) is 18.1. The van der Waals surface area contributed by atoms with E-state index >= 15 is 0 Å². The van der Waals surface area contributed by atoms with Crippen molar-refractivity contribution >= 4 is 17.2 Å². The molecule has 142 valence electrons. The summed E-state index contributed by atoms with van der Waals surface area (Å²) in [6.45, 7) is 0. The van der Waals surface area contributed by atoms with Gasteiger partial charge in [-0.2, -0.15) is 0 Å². The van der Waals surface area contributed by atoms with E-state index in [0.29, 0.717) is 17.5 Å². The van der Waals surface area contributed by atoms with Crippen LogP contribution in [-0.4, -0.2) is 22.2 Å². The van der Waals surface area contributed by atoms with E-state index in [1.807, 2.05) is 42.6 Å². The Morgan fingerprint density at radius 2 is 2.00 bits per heavy atom. The number of benzene rings is 2. The molecule has 0 bridgehead atoms. The van der Waals surface area contributed by atoms with Crippen LogP contribution in [-0.2, 0) is 11.2 Å². The lowest BCUT2D eigenvalue weighted by Crippen LogP contribution is -2.36. The van der Waals surface area contributed by atoms with Gasteiger partial charge in [0.1, 0.15) is 12.1 Å². The van der Waals surface area contributed by atoms with E-state index in [9.17, 15) is 19.3 Å². The number of allylic oxidation sites excluding steroid dienone is 1. The van der Waals surface area contributed by atoms with Crippen LogP contribution in [0.2, 0.25) is 0 Å². The number of aromatic amines is 1. The third kappa shape index (κ3) is 3.33. The predicted molar refractivity (Wildman–Crippen MR) is 104 cm³/mol. The lowest BCUT2D eigenvalue weighted by atomic mass is 9.71. The number of H-pyrrole nitrogens is 1. The van der Waals surface area contributed by atoms with Gasteiger partial charge in [0.25, 0.3) is 0 Å². The van der Waals surface area contributed by atoms with Gasteiger partial charge in [0, 0.05) is 28.4 Å². The predicted octanol–water partition coefficient (Wildman–Crippen LogP) is 4.42. The van der Waals surface area contributed by atoms with Crippen molar-refractivity contribution in [3.8, 4) is 0 Å². The lowest BCUT2D eigenvalue weighted by molar-refractivity contribution is -0.528. The first-order valence-electron chi connectivity index (χ1n) is 9.16. The number of fused-ring (bicyclic) bond motifs is 1. The minimum Gasteiger partial charge on any atom is -0.361 e. The van der Waals surface area contributed by atoms with E-state index in [1.54, 1.807) is 6.07 Å². The summed E-state index contributed by atoms with van der Waals surface area (Å²) < 4.78 is 13.5. The molecule has 0 amide bonds. The van der Waals surface area contributed by atoms with Crippen molar-refractivity contribution in [1.29, 1.82) is 0 Å². The molecule has 1 aliphatic carbocycles. The summed E-state index contributed by atoms with van der Waals surface area (Å²) in [5, 5.41) is 12.7. The number of nitro groups is 1. The molecular weight excluding hydrogens is 359 g/mol. The summed E-state index contributed by atoms with van der Waals surface area (Å²) in [5.41, 5.74) is 2.99. The molecule has 5 nitrogen and oxygen atoms in total. The maximum absolute atomic E-state index is 13.5. The Labute approximate surface area is 161 Å². The minimum absolute atomic E-state index is 0.131. The zero-order valence-electron chi connectivity index (χ0n) is 15.0. The minimum atomic E-state index is -0.861. The van der Waals surface area contributed by atoms with E-state index in [0.717, 1.165) is 22.8 Å². The number of nitrogens with zero attached hydrogens (tertiary/aromatic N) is 1. The van der Waals surface area contributed by atoms with Crippen LogP contribution in [0.1, 0.15) is 23.5 Å². The highest BCUT2D eigenvalue weighted by Gasteiger charge is 2.41. The van der Waals surface area contributed by atoms with Crippen LogP contribution in [0, 0.1) is 21.8 Å². The monoisotopic (exact) mass is 378 g/mol. The summed E-state index contributed by atoms with van der Waals surface area (Å²) in [5.74, 6) is -0.876. The Bertz CT molecular complexity index is 1060. The number of hydrogen-bond acceptors (Lipinski definition) is 3. The Hall–Kier alpha value is -3.28. The Morgan fingerprint density at radius 3 is 2.71 bits per heavy atom. The fraction of sp³-hybridized carbons (Fsp3) is 0.227. The molecule has 0 spiro atoms. The van der Waals surface area contributed by atoms with Gasteiger partial charge in [-0.05, 0) is 47.2 Å². The Balaban J connectivity index is 1.77. The van der Waals surface area contributed by atoms with Crippen LogP contribution in [0.25, 0.3) is 10.9 Å². The van der Waals surface area contributed by atoms with Gasteiger partial charge in [-0.25, -0.2) is 4.39 Å². The average Bonchev–Trinajstić information content (AvgIpc) is 3.09. The first-order chi connectivity index (χ1) is 13.6. The number of carbonyl (C=O) groups is 1. The summed E-state index contributed by atoms with van der Waals surface area (Å²) in [7, 11) is 0. The highest BCUT2D eigenvalue weighted by Crippen LogP contribution is 2.40. The summed E-state index contributed by atoms with van der Waals surface area (Å²) in [6, 6.07) is 13.1. The molecule has 4 rings (SSSR count). The van der Waals surface area contributed by atoms with Crippen LogP contribution in [0.4, 0.5) is 4.39 Å². The standard InChI is InChI=1S/C22H19FN2O3/c23-18-6-7-19-17(12-24-20(19)11-18)10-16-8-14(13-26)9-21(25(27)28)22(16)15-4-2-1-3-5-15/h1-8,11-13,16,21-22,24H,9-10H2/t16-,21+,22-/m1/s1. The highest BCUT2D eigenvalue weighted by molar-refractivity contribution is 5.83. The quantitative estimate of drug-likeness (QED) is 0.405. The van der Waals surface area contributed by atoms with Gasteiger partial charge < -0.3 is 4.98 Å². The van der Waals surface area contributed by atoms with Gasteiger partial charge in [0.05, 0.1) is 5.92 Å². The summed E-state index contributed by atoms with van der Waals surface area (Å²) in [4.78, 5) is 26.0. The molecule has 0 fully saturated rings. The SMILES string of the molecule is O=CC1=C[C@H](Cc2c[nH]c3cc(F)ccc23)[C@@H](c2ccccc2)[C@@H]([N+](=O)[O-])C1. The second kappa shape index (κ2) is 7.38. The molecule has 0 radical (unpaired) electrons. The molecule has 0 saturated heterocycles. The molecule has 6 heteroatoms. The Morgan fingerprint density at radius 1 is 1.21 bits per heavy atom. The second-order valence-corrected chi connectivity index (χ2v) is 7.22. The number of nitrogens with one attached hydrogen (secondary N) is 1. The van der Waals surface area contributed by atoms with Crippen molar-refractivity contribution in [1.82, 2.24) is 4.98 Å². The zero-order valence-corrected chi connectivity index (χ0v) is 15.0. The molecule has 0 saturated carbocycles. The van der Waals surface area contributed by atoms with Crippen molar-refractivity contribution in [3.63, 3.8) is 0 Å². The maximum Gasteiger partial charge on any atom is 0.224 e. The van der Waals surface area contributed by atoms with E-state index in [-0.39, 0.29) is 29.0 Å². The van der Waals surface area contributed by atoms with Crippen molar-refractivity contribution in [3.05, 3.63) is 93.4 Å². The number of halogens is 1. The fourth-order valence-electron chi connectivity index (χ4n) is 4.31. The van der Waals surface area contributed by atoms with Gasteiger partial charge in [0.15, 0.2) is 0 Å². The fourth-order valence-corrected chi connectivity index (χ4v) is 4.31. The number of carbonyl (C=O) groups excluding carboxylic acids is 1. The third-order valence-electron chi connectivity index (χ3n) is 5.54. The molecule has 3 aromatic rings.